The number of nitrogens with zero attached hydrogens (tertiary/aromatic N) is 2. The summed E-state index contributed by atoms with van der Waals surface area (Å²) in [6, 6.07) is 10.9. The van der Waals surface area contributed by atoms with Crippen molar-refractivity contribution in [1.82, 2.24) is 4.57 Å². The van der Waals surface area contributed by atoms with Gasteiger partial charge in [0.1, 0.15) is 12.4 Å². The fraction of sp³-hybridized carbons (Fsp3) is 0.625. The minimum Gasteiger partial charge on any atom is -0.234 e. The molecule has 0 radical (unpaired) electrons. The molecule has 0 bridgehead atoms. The van der Waals surface area contributed by atoms with Gasteiger partial charge in [0, 0.05) is 0 Å². The highest BCUT2D eigenvalue weighted by atomic mass is 15.1. The number of aromatic nitrogens is 2. The molecule has 2 heteroatoms. The van der Waals surface area contributed by atoms with Crippen LogP contribution >= 0.6 is 0 Å². The van der Waals surface area contributed by atoms with Crippen LogP contribution in [0.3, 0.4) is 0 Å². The zero-order chi connectivity index (χ0) is 18.5. The number of hydrogen-bond acceptors (Lipinski definition) is 0. The van der Waals surface area contributed by atoms with Gasteiger partial charge in [-0.2, -0.15) is 0 Å². The standard InChI is InChI=1S/C24H39N2/c1-3-5-7-9-14-18-25-20-21-26(19-15-10-8-6-4-2)24(25)22-23-16-12-11-13-17-23/h11-13,16-17,20-21H,3-10,14-15,18-19,22H2,1-2H3/q+1. The van der Waals surface area contributed by atoms with E-state index in [1.807, 2.05) is 0 Å². The number of imidazole rings is 1. The molecule has 1 heterocycles. The Morgan fingerprint density at radius 3 is 2.12 bits per heavy atom. The van der Waals surface area contributed by atoms with Crippen molar-refractivity contribution in [2.75, 3.05) is 0 Å². The van der Waals surface area contributed by atoms with Crippen molar-refractivity contribution >= 4 is 0 Å². The van der Waals surface area contributed by atoms with Gasteiger partial charge in [-0.3, -0.25) is 0 Å². The summed E-state index contributed by atoms with van der Waals surface area (Å²) >= 11 is 0. The first-order chi connectivity index (χ1) is 12.8. The van der Waals surface area contributed by atoms with Crippen LogP contribution in [0.25, 0.3) is 0 Å². The van der Waals surface area contributed by atoms with E-state index < -0.39 is 0 Å². The lowest BCUT2D eigenvalue weighted by molar-refractivity contribution is -0.703. The van der Waals surface area contributed by atoms with Crippen LogP contribution in [-0.2, 0) is 19.5 Å². The van der Waals surface area contributed by atoms with E-state index in [0.29, 0.717) is 0 Å². The lowest BCUT2D eigenvalue weighted by Crippen LogP contribution is -2.37. The molecule has 26 heavy (non-hydrogen) atoms. The van der Waals surface area contributed by atoms with Crippen molar-refractivity contribution in [3.05, 3.63) is 54.1 Å². The highest BCUT2D eigenvalue weighted by Crippen LogP contribution is 2.11. The van der Waals surface area contributed by atoms with Crippen LogP contribution in [0.2, 0.25) is 0 Å². The highest BCUT2D eigenvalue weighted by Gasteiger charge is 2.17. The Morgan fingerprint density at radius 2 is 1.42 bits per heavy atom. The van der Waals surface area contributed by atoms with Gasteiger partial charge in [0.2, 0.25) is 0 Å². The van der Waals surface area contributed by atoms with Crippen LogP contribution in [0.4, 0.5) is 0 Å². The summed E-state index contributed by atoms with van der Waals surface area (Å²) in [6.07, 6.45) is 19.1. The molecule has 0 saturated heterocycles. The predicted molar refractivity (Wildman–Crippen MR) is 111 cm³/mol. The molecule has 0 aliphatic heterocycles. The lowest BCUT2D eigenvalue weighted by Gasteiger charge is -2.06. The van der Waals surface area contributed by atoms with Gasteiger partial charge in [0.15, 0.2) is 0 Å². The first-order valence-electron chi connectivity index (χ1n) is 11.0. The number of benzene rings is 1. The molecule has 0 fully saturated rings. The molecular weight excluding hydrogens is 316 g/mol. The van der Waals surface area contributed by atoms with Crippen LogP contribution < -0.4 is 4.57 Å². The Kier molecular flexibility index (Phi) is 10.2. The van der Waals surface area contributed by atoms with E-state index in [-0.39, 0.29) is 0 Å². The molecular formula is C24H39N2+. The summed E-state index contributed by atoms with van der Waals surface area (Å²) < 4.78 is 5.01. The van der Waals surface area contributed by atoms with Gasteiger partial charge in [-0.15, -0.1) is 0 Å². The van der Waals surface area contributed by atoms with Gasteiger partial charge in [0.25, 0.3) is 5.82 Å². The number of unbranched alkanes of at least 4 members (excludes halogenated alkanes) is 8. The monoisotopic (exact) mass is 355 g/mol. The van der Waals surface area contributed by atoms with Gasteiger partial charge < -0.3 is 0 Å². The van der Waals surface area contributed by atoms with Crippen molar-refractivity contribution in [2.24, 2.45) is 0 Å². The van der Waals surface area contributed by atoms with Crippen molar-refractivity contribution in [1.29, 1.82) is 0 Å². The van der Waals surface area contributed by atoms with Crippen molar-refractivity contribution in [3.8, 4) is 0 Å². The van der Waals surface area contributed by atoms with Gasteiger partial charge in [0.05, 0.1) is 19.5 Å². The van der Waals surface area contributed by atoms with Crippen molar-refractivity contribution < 1.29 is 4.57 Å². The second-order valence-electron chi connectivity index (χ2n) is 7.59. The van der Waals surface area contributed by atoms with Crippen LogP contribution in [0.5, 0.6) is 0 Å². The zero-order valence-electron chi connectivity index (χ0n) is 17.1. The topological polar surface area (TPSA) is 8.81 Å². The molecule has 144 valence electrons. The van der Waals surface area contributed by atoms with Crippen molar-refractivity contribution in [2.45, 2.75) is 97.6 Å². The molecule has 2 rings (SSSR count). The maximum absolute atomic E-state index is 2.50. The van der Waals surface area contributed by atoms with E-state index >= 15 is 0 Å². The summed E-state index contributed by atoms with van der Waals surface area (Å²) in [5.74, 6) is 1.47. The number of hydrogen-bond donors (Lipinski definition) is 0. The maximum atomic E-state index is 2.50. The largest absolute Gasteiger partial charge is 0.260 e. The minimum absolute atomic E-state index is 1.04. The summed E-state index contributed by atoms with van der Waals surface area (Å²) in [6.45, 7) is 6.89. The van der Waals surface area contributed by atoms with Gasteiger partial charge >= 0.3 is 0 Å². The Morgan fingerprint density at radius 1 is 0.769 bits per heavy atom. The maximum Gasteiger partial charge on any atom is 0.260 e. The molecule has 0 N–H and O–H groups in total. The van der Waals surface area contributed by atoms with Crippen LogP contribution in [0.15, 0.2) is 42.7 Å². The molecule has 0 aliphatic rings. The number of aryl methyl sites for hydroxylation is 2. The fourth-order valence-corrected chi connectivity index (χ4v) is 3.66. The Hall–Kier alpha value is -1.57. The van der Waals surface area contributed by atoms with Crippen LogP contribution in [-0.4, -0.2) is 4.57 Å². The van der Waals surface area contributed by atoms with E-state index in [2.05, 4.69) is 65.7 Å². The minimum atomic E-state index is 1.04. The average Bonchev–Trinajstić information content (AvgIpc) is 3.04. The van der Waals surface area contributed by atoms with Crippen LogP contribution in [0.1, 0.15) is 89.4 Å². The molecule has 1 aromatic carbocycles. The summed E-state index contributed by atoms with van der Waals surface area (Å²) in [4.78, 5) is 0. The van der Waals surface area contributed by atoms with E-state index in [0.717, 1.165) is 19.5 Å². The molecule has 2 nitrogen and oxygen atoms in total. The first-order valence-corrected chi connectivity index (χ1v) is 11.0. The molecule has 1 aromatic heterocycles. The summed E-state index contributed by atoms with van der Waals surface area (Å²) in [5, 5.41) is 0. The molecule has 0 spiro atoms. The van der Waals surface area contributed by atoms with Crippen molar-refractivity contribution in [3.63, 3.8) is 0 Å². The molecule has 0 saturated carbocycles. The smallest absolute Gasteiger partial charge is 0.234 e. The first kappa shape index (κ1) is 20.7. The second-order valence-corrected chi connectivity index (χ2v) is 7.59. The zero-order valence-corrected chi connectivity index (χ0v) is 17.1. The molecule has 0 aliphatic carbocycles. The summed E-state index contributed by atoms with van der Waals surface area (Å²) in [7, 11) is 0. The van der Waals surface area contributed by atoms with Gasteiger partial charge in [-0.1, -0.05) is 82.7 Å². The third-order valence-electron chi connectivity index (χ3n) is 5.30. The quantitative estimate of drug-likeness (QED) is 0.277. The van der Waals surface area contributed by atoms with Gasteiger partial charge in [-0.05, 0) is 31.2 Å². The Balaban J connectivity index is 1.96. The summed E-state index contributed by atoms with van der Waals surface area (Å²) in [5.41, 5.74) is 1.41. The second kappa shape index (κ2) is 12.7. The molecule has 0 amide bonds. The van der Waals surface area contributed by atoms with Gasteiger partial charge in [-0.25, -0.2) is 9.13 Å². The SMILES string of the molecule is CCCCCCCn1cc[n+](CCCCCCC)c1Cc1ccccc1. The molecule has 0 unspecified atom stereocenters. The average molecular weight is 356 g/mol. The molecule has 2 aromatic rings. The Bertz CT molecular complexity index is 554. The van der Waals surface area contributed by atoms with E-state index in [4.69, 9.17) is 0 Å². The molecule has 0 atom stereocenters. The normalized spacial score (nSPS) is 11.2. The number of rotatable bonds is 14. The Labute approximate surface area is 161 Å². The third-order valence-corrected chi connectivity index (χ3v) is 5.30. The lowest BCUT2D eigenvalue weighted by atomic mass is 10.1. The predicted octanol–water partition coefficient (Wildman–Crippen LogP) is 6.31. The fourth-order valence-electron chi connectivity index (χ4n) is 3.66. The third kappa shape index (κ3) is 7.35. The van der Waals surface area contributed by atoms with E-state index in [1.54, 1.807) is 0 Å². The van der Waals surface area contributed by atoms with Crippen LogP contribution in [0, 0.1) is 0 Å². The highest BCUT2D eigenvalue weighted by molar-refractivity contribution is 5.18. The van der Waals surface area contributed by atoms with E-state index in [9.17, 15) is 0 Å². The van der Waals surface area contributed by atoms with E-state index in [1.165, 1.54) is 75.6 Å².